The van der Waals surface area contributed by atoms with Crippen molar-refractivity contribution in [2.75, 3.05) is 37.0 Å². The van der Waals surface area contributed by atoms with Crippen molar-refractivity contribution >= 4 is 17.3 Å². The van der Waals surface area contributed by atoms with Gasteiger partial charge in [0.1, 0.15) is 24.2 Å². The number of fused-ring (bicyclic) bond motifs is 1. The number of anilines is 2. The van der Waals surface area contributed by atoms with E-state index in [1.165, 1.54) is 0 Å². The van der Waals surface area contributed by atoms with E-state index in [1.807, 2.05) is 48.5 Å². The lowest BCUT2D eigenvalue weighted by Crippen LogP contribution is -2.35. The quantitative estimate of drug-likeness (QED) is 0.701. The molecule has 0 bridgehead atoms. The van der Waals surface area contributed by atoms with Gasteiger partial charge in [-0.25, -0.2) is 0 Å². The largest absolute Gasteiger partial charge is 0.491 e. The number of amides is 1. The summed E-state index contributed by atoms with van der Waals surface area (Å²) in [4.78, 5) is 13.3. The van der Waals surface area contributed by atoms with Crippen molar-refractivity contribution in [1.29, 1.82) is 0 Å². The van der Waals surface area contributed by atoms with Gasteiger partial charge in [0.25, 0.3) is 5.91 Å². The minimum atomic E-state index is -0.687. The Kier molecular flexibility index (Phi) is 5.98. The SMILES string of the molecule is C=CCc1ccccc1OCC(O)CNc1ccc2c(c1)N(C)C(=O)CO2. The first-order chi connectivity index (χ1) is 13.1. The standard InChI is InChI=1S/C21H24N2O4/c1-3-6-15-7-4-5-8-19(15)26-13-17(24)12-22-16-9-10-20-18(11-16)23(2)21(25)14-27-20/h3-5,7-11,17,22,24H,1,6,12-14H2,2H3. The molecular weight excluding hydrogens is 344 g/mol. The third-order valence-electron chi connectivity index (χ3n) is 4.36. The molecule has 2 aromatic rings. The summed E-state index contributed by atoms with van der Waals surface area (Å²) in [6.07, 6.45) is 1.85. The Morgan fingerprint density at radius 1 is 1.37 bits per heavy atom. The van der Waals surface area contributed by atoms with E-state index in [4.69, 9.17) is 9.47 Å². The second-order valence-corrected chi connectivity index (χ2v) is 6.37. The maximum absolute atomic E-state index is 11.7. The summed E-state index contributed by atoms with van der Waals surface area (Å²) in [6.45, 7) is 4.30. The van der Waals surface area contributed by atoms with Crippen LogP contribution >= 0.6 is 0 Å². The molecule has 0 aromatic heterocycles. The van der Waals surface area contributed by atoms with Gasteiger partial charge in [-0.05, 0) is 36.2 Å². The second-order valence-electron chi connectivity index (χ2n) is 6.37. The Morgan fingerprint density at radius 2 is 2.19 bits per heavy atom. The highest BCUT2D eigenvalue weighted by atomic mass is 16.5. The molecule has 1 amide bonds. The molecule has 3 rings (SSSR count). The van der Waals surface area contributed by atoms with Crippen molar-refractivity contribution < 1.29 is 19.4 Å². The van der Waals surface area contributed by atoms with Crippen LogP contribution in [0.2, 0.25) is 0 Å². The van der Waals surface area contributed by atoms with Crippen molar-refractivity contribution in [1.82, 2.24) is 0 Å². The molecule has 2 aromatic carbocycles. The Bertz CT molecular complexity index is 822. The van der Waals surface area contributed by atoms with Crippen LogP contribution in [0.5, 0.6) is 11.5 Å². The fourth-order valence-electron chi connectivity index (χ4n) is 2.83. The van der Waals surface area contributed by atoms with Gasteiger partial charge >= 0.3 is 0 Å². The van der Waals surface area contributed by atoms with Gasteiger partial charge in [-0.15, -0.1) is 6.58 Å². The average molecular weight is 368 g/mol. The molecule has 0 saturated carbocycles. The second kappa shape index (κ2) is 8.60. The first kappa shape index (κ1) is 18.8. The van der Waals surface area contributed by atoms with Gasteiger partial charge in [0.2, 0.25) is 0 Å². The predicted octanol–water partition coefficient (Wildman–Crippen LogP) is 2.62. The number of para-hydroxylation sites is 1. The van der Waals surface area contributed by atoms with E-state index in [0.29, 0.717) is 24.4 Å². The topological polar surface area (TPSA) is 71.0 Å². The Balaban J connectivity index is 1.55. The number of aliphatic hydroxyl groups is 1. The monoisotopic (exact) mass is 368 g/mol. The van der Waals surface area contributed by atoms with Gasteiger partial charge in [0.15, 0.2) is 6.61 Å². The molecule has 0 fully saturated rings. The van der Waals surface area contributed by atoms with Crippen LogP contribution in [0.1, 0.15) is 5.56 Å². The third-order valence-corrected chi connectivity index (χ3v) is 4.36. The molecule has 6 heteroatoms. The molecular formula is C21H24N2O4. The Hall–Kier alpha value is -2.99. The fraction of sp³-hybridized carbons (Fsp3) is 0.286. The van der Waals surface area contributed by atoms with Crippen LogP contribution < -0.4 is 19.7 Å². The smallest absolute Gasteiger partial charge is 0.264 e. The maximum atomic E-state index is 11.7. The molecule has 1 heterocycles. The normalized spacial score (nSPS) is 14.1. The van der Waals surface area contributed by atoms with Crippen LogP contribution in [-0.4, -0.2) is 43.9 Å². The van der Waals surface area contributed by atoms with Crippen LogP contribution in [0.15, 0.2) is 55.1 Å². The average Bonchev–Trinajstić information content (AvgIpc) is 2.69. The van der Waals surface area contributed by atoms with Gasteiger partial charge in [-0.1, -0.05) is 24.3 Å². The van der Waals surface area contributed by atoms with Gasteiger partial charge in [0.05, 0.1) is 5.69 Å². The van der Waals surface area contributed by atoms with E-state index < -0.39 is 6.10 Å². The molecule has 1 aliphatic rings. The molecule has 0 saturated heterocycles. The molecule has 142 valence electrons. The summed E-state index contributed by atoms with van der Waals surface area (Å²) in [5, 5.41) is 13.4. The van der Waals surface area contributed by atoms with Gasteiger partial charge in [0, 0.05) is 19.3 Å². The number of rotatable bonds is 8. The summed E-state index contributed by atoms with van der Waals surface area (Å²) >= 11 is 0. The first-order valence-corrected chi connectivity index (χ1v) is 8.85. The molecule has 1 unspecified atom stereocenters. The van der Waals surface area contributed by atoms with E-state index in [2.05, 4.69) is 11.9 Å². The van der Waals surface area contributed by atoms with Gasteiger partial charge < -0.3 is 24.8 Å². The summed E-state index contributed by atoms with van der Waals surface area (Å²) in [7, 11) is 1.72. The van der Waals surface area contributed by atoms with Crippen molar-refractivity contribution in [2.24, 2.45) is 0 Å². The highest BCUT2D eigenvalue weighted by molar-refractivity contribution is 5.97. The number of likely N-dealkylation sites (N-methyl/N-ethyl adjacent to an activating group) is 1. The van der Waals surface area contributed by atoms with E-state index in [0.717, 1.165) is 17.0 Å². The number of carbonyl (C=O) groups excluding carboxylic acids is 1. The van der Waals surface area contributed by atoms with Crippen LogP contribution in [0.25, 0.3) is 0 Å². The lowest BCUT2D eigenvalue weighted by molar-refractivity contribution is -0.120. The van der Waals surface area contributed by atoms with Gasteiger partial charge in [-0.3, -0.25) is 4.79 Å². The number of carbonyl (C=O) groups is 1. The number of hydrogen-bond acceptors (Lipinski definition) is 5. The molecule has 6 nitrogen and oxygen atoms in total. The van der Waals surface area contributed by atoms with Crippen molar-refractivity contribution in [2.45, 2.75) is 12.5 Å². The number of nitrogens with one attached hydrogen (secondary N) is 1. The molecule has 2 N–H and O–H groups in total. The lowest BCUT2D eigenvalue weighted by Gasteiger charge is -2.26. The minimum absolute atomic E-state index is 0.0552. The molecule has 0 spiro atoms. The molecule has 1 aliphatic heterocycles. The number of nitrogens with zero attached hydrogens (tertiary/aromatic N) is 1. The number of benzene rings is 2. The van der Waals surface area contributed by atoms with Crippen molar-refractivity contribution in [3.63, 3.8) is 0 Å². The molecule has 0 aliphatic carbocycles. The summed E-state index contributed by atoms with van der Waals surface area (Å²) in [5.74, 6) is 1.33. The molecule has 0 radical (unpaired) electrons. The highest BCUT2D eigenvalue weighted by Gasteiger charge is 2.22. The van der Waals surface area contributed by atoms with Gasteiger partial charge in [-0.2, -0.15) is 0 Å². The van der Waals surface area contributed by atoms with E-state index in [9.17, 15) is 9.90 Å². The van der Waals surface area contributed by atoms with Crippen LogP contribution in [0.3, 0.4) is 0 Å². The number of hydrogen-bond donors (Lipinski definition) is 2. The van der Waals surface area contributed by atoms with Crippen molar-refractivity contribution in [3.8, 4) is 11.5 Å². The van der Waals surface area contributed by atoms with Crippen LogP contribution in [0.4, 0.5) is 11.4 Å². The first-order valence-electron chi connectivity index (χ1n) is 8.85. The molecule has 27 heavy (non-hydrogen) atoms. The Morgan fingerprint density at radius 3 is 3.00 bits per heavy atom. The summed E-state index contributed by atoms with van der Waals surface area (Å²) in [5.41, 5.74) is 2.54. The Labute approximate surface area is 159 Å². The predicted molar refractivity (Wildman–Crippen MR) is 106 cm³/mol. The third kappa shape index (κ3) is 4.60. The maximum Gasteiger partial charge on any atom is 0.264 e. The molecule has 1 atom stereocenters. The highest BCUT2D eigenvalue weighted by Crippen LogP contribution is 2.33. The lowest BCUT2D eigenvalue weighted by atomic mass is 10.1. The fourth-order valence-corrected chi connectivity index (χ4v) is 2.83. The zero-order valence-electron chi connectivity index (χ0n) is 15.4. The van der Waals surface area contributed by atoms with E-state index >= 15 is 0 Å². The summed E-state index contributed by atoms with van der Waals surface area (Å²) < 4.78 is 11.2. The van der Waals surface area contributed by atoms with E-state index in [1.54, 1.807) is 11.9 Å². The zero-order valence-corrected chi connectivity index (χ0v) is 15.4. The number of ether oxygens (including phenoxy) is 2. The van der Waals surface area contributed by atoms with Crippen LogP contribution in [-0.2, 0) is 11.2 Å². The zero-order chi connectivity index (χ0) is 19.2. The number of allylic oxidation sites excluding steroid dienone is 1. The van der Waals surface area contributed by atoms with Crippen LogP contribution in [0, 0.1) is 0 Å². The minimum Gasteiger partial charge on any atom is -0.491 e. The van der Waals surface area contributed by atoms with Crippen molar-refractivity contribution in [3.05, 3.63) is 60.7 Å². The number of aliphatic hydroxyl groups excluding tert-OH is 1. The van der Waals surface area contributed by atoms with E-state index in [-0.39, 0.29) is 19.1 Å². The summed E-state index contributed by atoms with van der Waals surface area (Å²) in [6, 6.07) is 13.2.